The van der Waals surface area contributed by atoms with Crippen LogP contribution in [-0.2, 0) is 0 Å². The third kappa shape index (κ3) is 4.63. The van der Waals surface area contributed by atoms with Gasteiger partial charge < -0.3 is 5.32 Å². The molecule has 106 valence electrons. The fourth-order valence-electron chi connectivity index (χ4n) is 2.17. The van der Waals surface area contributed by atoms with Crippen LogP contribution in [0.15, 0.2) is 24.3 Å². The molecule has 0 spiro atoms. The Morgan fingerprint density at radius 1 is 1.21 bits per heavy atom. The number of nitrogens with one attached hydrogen (secondary N) is 1. The van der Waals surface area contributed by atoms with Crippen LogP contribution in [-0.4, -0.2) is 37.8 Å². The van der Waals surface area contributed by atoms with Crippen LogP contribution in [0.3, 0.4) is 0 Å². The summed E-state index contributed by atoms with van der Waals surface area (Å²) in [6.45, 7) is 3.18. The zero-order valence-corrected chi connectivity index (χ0v) is 12.1. The van der Waals surface area contributed by atoms with Crippen LogP contribution in [0.5, 0.6) is 0 Å². The number of hydrogen-bond donors (Lipinski definition) is 1. The molecular formula is C13H18Cl2FN3. The monoisotopic (exact) mass is 305 g/mol. The van der Waals surface area contributed by atoms with Gasteiger partial charge in [0.2, 0.25) is 0 Å². The van der Waals surface area contributed by atoms with E-state index in [2.05, 4.69) is 16.3 Å². The molecule has 1 aliphatic heterocycles. The van der Waals surface area contributed by atoms with Gasteiger partial charge in [0.25, 0.3) is 0 Å². The summed E-state index contributed by atoms with van der Waals surface area (Å²) in [6, 6.07) is 9.10. The smallest absolute Gasteiger partial charge is 0.109 e. The largest absolute Gasteiger partial charge is 0.314 e. The fraction of sp³-hybridized carbons (Fsp3) is 0.462. The SMILES string of the molecule is Cl.Cl.N#Cc1ccc([C@@H](CF)N2CCNCC2)cc1. The molecule has 0 amide bonds. The van der Waals surface area contributed by atoms with E-state index in [1.54, 1.807) is 12.1 Å². The predicted octanol–water partition coefficient (Wildman–Crippen LogP) is 2.32. The molecule has 0 saturated carbocycles. The van der Waals surface area contributed by atoms with Crippen molar-refractivity contribution in [2.24, 2.45) is 0 Å². The molecule has 1 fully saturated rings. The molecule has 1 N–H and O–H groups in total. The van der Waals surface area contributed by atoms with E-state index in [9.17, 15) is 4.39 Å². The molecule has 3 nitrogen and oxygen atoms in total. The minimum Gasteiger partial charge on any atom is -0.314 e. The first-order valence-corrected chi connectivity index (χ1v) is 5.86. The van der Waals surface area contributed by atoms with Crippen LogP contribution in [0.2, 0.25) is 0 Å². The van der Waals surface area contributed by atoms with Crippen LogP contribution >= 0.6 is 24.8 Å². The molecule has 1 heterocycles. The summed E-state index contributed by atoms with van der Waals surface area (Å²) in [5.74, 6) is 0. The van der Waals surface area contributed by atoms with Gasteiger partial charge in [0.1, 0.15) is 6.67 Å². The van der Waals surface area contributed by atoms with Gasteiger partial charge in [-0.3, -0.25) is 4.90 Å². The Kier molecular flexibility index (Phi) is 8.70. The lowest BCUT2D eigenvalue weighted by Crippen LogP contribution is -2.45. The van der Waals surface area contributed by atoms with Crippen molar-refractivity contribution in [3.8, 4) is 6.07 Å². The van der Waals surface area contributed by atoms with Gasteiger partial charge >= 0.3 is 0 Å². The van der Waals surface area contributed by atoms with E-state index in [0.717, 1.165) is 31.7 Å². The average Bonchev–Trinajstić information content (AvgIpc) is 2.42. The highest BCUT2D eigenvalue weighted by molar-refractivity contribution is 5.85. The second kappa shape index (κ2) is 9.11. The highest BCUT2D eigenvalue weighted by Crippen LogP contribution is 2.22. The molecule has 1 saturated heterocycles. The first-order valence-electron chi connectivity index (χ1n) is 5.86. The molecule has 1 aromatic carbocycles. The summed E-state index contributed by atoms with van der Waals surface area (Å²) in [6.07, 6.45) is 0. The average molecular weight is 306 g/mol. The summed E-state index contributed by atoms with van der Waals surface area (Å²) < 4.78 is 13.2. The molecule has 2 rings (SSSR count). The Balaban J connectivity index is 0.00000162. The van der Waals surface area contributed by atoms with Crippen molar-refractivity contribution in [3.05, 3.63) is 35.4 Å². The van der Waals surface area contributed by atoms with E-state index in [1.807, 2.05) is 12.1 Å². The topological polar surface area (TPSA) is 39.1 Å². The Bertz CT molecular complexity index is 399. The van der Waals surface area contributed by atoms with E-state index < -0.39 is 0 Å². The van der Waals surface area contributed by atoms with E-state index in [0.29, 0.717) is 5.56 Å². The summed E-state index contributed by atoms with van der Waals surface area (Å²) in [5.41, 5.74) is 1.57. The molecule has 1 aliphatic rings. The van der Waals surface area contributed by atoms with Gasteiger partial charge in [-0.15, -0.1) is 24.8 Å². The lowest BCUT2D eigenvalue weighted by Gasteiger charge is -2.33. The number of nitriles is 1. The first kappa shape index (κ1) is 18.1. The molecule has 0 radical (unpaired) electrons. The minimum absolute atomic E-state index is 0. The van der Waals surface area contributed by atoms with Gasteiger partial charge in [0.05, 0.1) is 17.7 Å². The summed E-state index contributed by atoms with van der Waals surface area (Å²) in [7, 11) is 0. The first-order chi connectivity index (χ1) is 8.35. The standard InChI is InChI=1S/C13H16FN3.2ClH/c14-9-13(17-7-5-16-6-8-17)12-3-1-11(10-15)2-4-12;;/h1-4,13,16H,5-9H2;2*1H/t13-;;/m1../s1. The van der Waals surface area contributed by atoms with Gasteiger partial charge in [0.15, 0.2) is 0 Å². The van der Waals surface area contributed by atoms with Crippen LogP contribution in [0.4, 0.5) is 4.39 Å². The number of rotatable bonds is 3. The third-order valence-electron chi connectivity index (χ3n) is 3.16. The molecule has 6 heteroatoms. The van der Waals surface area contributed by atoms with Crippen molar-refractivity contribution in [1.82, 2.24) is 10.2 Å². The lowest BCUT2D eigenvalue weighted by atomic mass is 10.0. The normalized spacial score (nSPS) is 16.6. The summed E-state index contributed by atoms with van der Waals surface area (Å²) in [5, 5.41) is 12.0. The highest BCUT2D eigenvalue weighted by Gasteiger charge is 2.21. The van der Waals surface area contributed by atoms with E-state index in [4.69, 9.17) is 5.26 Å². The maximum Gasteiger partial charge on any atom is 0.109 e. The molecular weight excluding hydrogens is 288 g/mol. The van der Waals surface area contributed by atoms with Gasteiger partial charge in [-0.2, -0.15) is 5.26 Å². The third-order valence-corrected chi connectivity index (χ3v) is 3.16. The molecule has 0 bridgehead atoms. The van der Waals surface area contributed by atoms with E-state index in [1.165, 1.54) is 0 Å². The molecule has 0 unspecified atom stereocenters. The Hall–Kier alpha value is -0.860. The molecule has 0 aliphatic carbocycles. The quantitative estimate of drug-likeness (QED) is 0.931. The second-order valence-corrected chi connectivity index (χ2v) is 4.19. The van der Waals surface area contributed by atoms with E-state index >= 15 is 0 Å². The van der Waals surface area contributed by atoms with Crippen LogP contribution in [0, 0.1) is 11.3 Å². The minimum atomic E-state index is -0.383. The van der Waals surface area contributed by atoms with Crippen LogP contribution in [0.1, 0.15) is 17.2 Å². The number of alkyl halides is 1. The summed E-state index contributed by atoms with van der Waals surface area (Å²) >= 11 is 0. The zero-order valence-electron chi connectivity index (χ0n) is 10.5. The van der Waals surface area contributed by atoms with Crippen molar-refractivity contribution < 1.29 is 4.39 Å². The van der Waals surface area contributed by atoms with Crippen LogP contribution in [0.25, 0.3) is 0 Å². The Morgan fingerprint density at radius 2 is 1.79 bits per heavy atom. The van der Waals surface area contributed by atoms with Gasteiger partial charge in [0, 0.05) is 26.2 Å². The maximum absolute atomic E-state index is 13.2. The summed E-state index contributed by atoms with van der Waals surface area (Å²) in [4.78, 5) is 2.15. The van der Waals surface area contributed by atoms with Crippen LogP contribution < -0.4 is 5.32 Å². The number of piperazine rings is 1. The molecule has 1 aromatic rings. The maximum atomic E-state index is 13.2. The Morgan fingerprint density at radius 3 is 2.26 bits per heavy atom. The molecule has 19 heavy (non-hydrogen) atoms. The number of hydrogen-bond acceptors (Lipinski definition) is 3. The van der Waals surface area contributed by atoms with Crippen molar-refractivity contribution >= 4 is 24.8 Å². The van der Waals surface area contributed by atoms with Gasteiger partial charge in [-0.25, -0.2) is 4.39 Å². The lowest BCUT2D eigenvalue weighted by molar-refractivity contribution is 0.147. The number of halogens is 3. The number of benzene rings is 1. The second-order valence-electron chi connectivity index (χ2n) is 4.19. The Labute approximate surface area is 125 Å². The molecule has 1 atom stereocenters. The molecule has 0 aromatic heterocycles. The fourth-order valence-corrected chi connectivity index (χ4v) is 2.17. The highest BCUT2D eigenvalue weighted by atomic mass is 35.5. The predicted molar refractivity (Wildman–Crippen MR) is 78.8 cm³/mol. The van der Waals surface area contributed by atoms with Crippen molar-refractivity contribution in [2.45, 2.75) is 6.04 Å². The van der Waals surface area contributed by atoms with Gasteiger partial charge in [-0.05, 0) is 17.7 Å². The van der Waals surface area contributed by atoms with Crippen molar-refractivity contribution in [2.75, 3.05) is 32.9 Å². The number of nitrogens with zero attached hydrogens (tertiary/aromatic N) is 2. The van der Waals surface area contributed by atoms with E-state index in [-0.39, 0.29) is 37.5 Å². The zero-order chi connectivity index (χ0) is 12.1. The van der Waals surface area contributed by atoms with Gasteiger partial charge in [-0.1, -0.05) is 12.1 Å². The van der Waals surface area contributed by atoms with Crippen molar-refractivity contribution in [1.29, 1.82) is 5.26 Å². The van der Waals surface area contributed by atoms with Crippen molar-refractivity contribution in [3.63, 3.8) is 0 Å².